The van der Waals surface area contributed by atoms with Gasteiger partial charge in [-0.3, -0.25) is 4.98 Å². The molecule has 0 spiro atoms. The predicted molar refractivity (Wildman–Crippen MR) is 84.8 cm³/mol. The molecule has 1 heterocycles. The first kappa shape index (κ1) is 16.6. The Morgan fingerprint density at radius 2 is 2.05 bits per heavy atom. The molecule has 0 aliphatic rings. The lowest BCUT2D eigenvalue weighted by molar-refractivity contribution is 0.247. The average molecular weight is 308 g/mol. The van der Waals surface area contributed by atoms with Crippen LogP contribution in [-0.2, 0) is 0 Å². The first-order chi connectivity index (χ1) is 10.5. The molecule has 2 aromatic rings. The zero-order chi connectivity index (χ0) is 16.1. The van der Waals surface area contributed by atoms with Gasteiger partial charge >= 0.3 is 0 Å². The van der Waals surface area contributed by atoms with E-state index in [0.717, 1.165) is 12.5 Å². The molecule has 2 rings (SSSR count). The molecule has 0 fully saturated rings. The van der Waals surface area contributed by atoms with Crippen molar-refractivity contribution in [3.05, 3.63) is 36.0 Å². The maximum atomic E-state index is 13.8. The molecule has 1 aromatic carbocycles. The van der Waals surface area contributed by atoms with E-state index in [1.165, 1.54) is 12.3 Å². The number of anilines is 1. The second-order valence-corrected chi connectivity index (χ2v) is 6.03. The van der Waals surface area contributed by atoms with E-state index < -0.39 is 11.6 Å². The molecule has 1 aromatic heterocycles. The predicted octanol–water partition coefficient (Wildman–Crippen LogP) is 3.97. The summed E-state index contributed by atoms with van der Waals surface area (Å²) in [5, 5.41) is 12.8. The van der Waals surface area contributed by atoms with Crippen LogP contribution in [0.15, 0.2) is 24.4 Å². The lowest BCUT2D eigenvalue weighted by Crippen LogP contribution is -2.18. The number of hydrogen-bond donors (Lipinski definition) is 2. The van der Waals surface area contributed by atoms with Crippen LogP contribution in [0, 0.1) is 23.5 Å². The molecule has 1 atom stereocenters. The van der Waals surface area contributed by atoms with Crippen molar-refractivity contribution in [1.82, 2.24) is 4.98 Å². The van der Waals surface area contributed by atoms with Gasteiger partial charge in [-0.1, -0.05) is 13.8 Å². The van der Waals surface area contributed by atoms with E-state index in [4.69, 9.17) is 5.11 Å². The fourth-order valence-electron chi connectivity index (χ4n) is 2.74. The summed E-state index contributed by atoms with van der Waals surface area (Å²) in [6.07, 6.45) is 3.20. The van der Waals surface area contributed by atoms with E-state index in [1.807, 2.05) is 0 Å². The van der Waals surface area contributed by atoms with Crippen molar-refractivity contribution >= 4 is 16.6 Å². The normalized spacial score (nSPS) is 12.8. The Balaban J connectivity index is 2.20. The van der Waals surface area contributed by atoms with Crippen LogP contribution in [0.5, 0.6) is 0 Å². The van der Waals surface area contributed by atoms with Crippen LogP contribution in [0.3, 0.4) is 0 Å². The molecule has 0 aliphatic heterocycles. The van der Waals surface area contributed by atoms with Gasteiger partial charge in [0.15, 0.2) is 5.82 Å². The molecule has 0 aliphatic carbocycles. The lowest BCUT2D eigenvalue weighted by atomic mass is 9.94. The molecule has 0 amide bonds. The number of fused-ring (bicyclic) bond motifs is 1. The highest BCUT2D eigenvalue weighted by molar-refractivity contribution is 5.91. The fraction of sp³-hybridized carbons (Fsp3) is 0.471. The van der Waals surface area contributed by atoms with Gasteiger partial charge in [0.2, 0.25) is 0 Å². The number of nitrogens with zero attached hydrogens (tertiary/aromatic N) is 1. The molecule has 1 unspecified atom stereocenters. The molecule has 0 radical (unpaired) electrons. The maximum Gasteiger partial charge on any atom is 0.152 e. The Morgan fingerprint density at radius 3 is 2.73 bits per heavy atom. The number of aliphatic hydroxyl groups is 1. The highest BCUT2D eigenvalue weighted by Crippen LogP contribution is 2.26. The van der Waals surface area contributed by atoms with E-state index in [9.17, 15) is 8.78 Å². The van der Waals surface area contributed by atoms with Crippen molar-refractivity contribution in [1.29, 1.82) is 0 Å². The summed E-state index contributed by atoms with van der Waals surface area (Å²) in [5.41, 5.74) is 0.823. The number of benzene rings is 1. The minimum absolute atomic E-state index is 0.138. The SMILES string of the molecule is CC(C)CC(CCO)CNc1ccnc2c(F)cc(F)cc12. The third-order valence-corrected chi connectivity index (χ3v) is 3.69. The lowest BCUT2D eigenvalue weighted by Gasteiger charge is -2.20. The molecular formula is C17H22F2N2O. The molecule has 120 valence electrons. The molecule has 0 saturated heterocycles. The Labute approximate surface area is 129 Å². The molecule has 0 saturated carbocycles. The Hall–Kier alpha value is -1.75. The van der Waals surface area contributed by atoms with Crippen molar-refractivity contribution in [3.8, 4) is 0 Å². The summed E-state index contributed by atoms with van der Waals surface area (Å²) >= 11 is 0. The van der Waals surface area contributed by atoms with Crippen molar-refractivity contribution in [2.24, 2.45) is 11.8 Å². The average Bonchev–Trinajstić information content (AvgIpc) is 2.44. The topological polar surface area (TPSA) is 45.1 Å². The number of nitrogens with one attached hydrogen (secondary N) is 1. The van der Waals surface area contributed by atoms with Gasteiger partial charge in [0.1, 0.15) is 11.3 Å². The standard InChI is InChI=1S/C17H22F2N2O/c1-11(2)7-12(4-6-22)10-21-16-3-5-20-17-14(16)8-13(18)9-15(17)19/h3,5,8-9,11-12,22H,4,6-7,10H2,1-2H3,(H,20,21). The maximum absolute atomic E-state index is 13.8. The number of pyridine rings is 1. The minimum atomic E-state index is -0.660. The summed E-state index contributed by atoms with van der Waals surface area (Å²) in [6, 6.07) is 3.84. The summed E-state index contributed by atoms with van der Waals surface area (Å²) < 4.78 is 27.2. The number of halogens is 2. The van der Waals surface area contributed by atoms with Crippen LogP contribution in [-0.4, -0.2) is 23.2 Å². The largest absolute Gasteiger partial charge is 0.396 e. The van der Waals surface area contributed by atoms with Crippen molar-refractivity contribution in [2.75, 3.05) is 18.5 Å². The van der Waals surface area contributed by atoms with Crippen molar-refractivity contribution in [2.45, 2.75) is 26.7 Å². The second kappa shape index (κ2) is 7.49. The van der Waals surface area contributed by atoms with E-state index >= 15 is 0 Å². The molecule has 2 N–H and O–H groups in total. The number of aliphatic hydroxyl groups excluding tert-OH is 1. The third kappa shape index (κ3) is 4.13. The first-order valence-corrected chi connectivity index (χ1v) is 7.59. The van der Waals surface area contributed by atoms with Crippen LogP contribution in [0.1, 0.15) is 26.7 Å². The highest BCUT2D eigenvalue weighted by atomic mass is 19.1. The van der Waals surface area contributed by atoms with E-state index in [1.54, 1.807) is 6.07 Å². The molecule has 3 nitrogen and oxygen atoms in total. The summed E-state index contributed by atoms with van der Waals surface area (Å²) in [4.78, 5) is 3.97. The quantitative estimate of drug-likeness (QED) is 0.813. The zero-order valence-electron chi connectivity index (χ0n) is 12.9. The van der Waals surface area contributed by atoms with Gasteiger partial charge in [0.25, 0.3) is 0 Å². The Morgan fingerprint density at radius 1 is 1.27 bits per heavy atom. The van der Waals surface area contributed by atoms with Gasteiger partial charge in [0, 0.05) is 36.5 Å². The van der Waals surface area contributed by atoms with E-state index in [0.29, 0.717) is 35.9 Å². The monoisotopic (exact) mass is 308 g/mol. The van der Waals surface area contributed by atoms with Gasteiger partial charge in [-0.05, 0) is 36.8 Å². The number of rotatable bonds is 7. The van der Waals surface area contributed by atoms with Crippen LogP contribution < -0.4 is 5.32 Å². The zero-order valence-corrected chi connectivity index (χ0v) is 12.9. The molecule has 22 heavy (non-hydrogen) atoms. The van der Waals surface area contributed by atoms with Gasteiger partial charge in [0.05, 0.1) is 0 Å². The van der Waals surface area contributed by atoms with Crippen molar-refractivity contribution in [3.63, 3.8) is 0 Å². The first-order valence-electron chi connectivity index (χ1n) is 7.59. The van der Waals surface area contributed by atoms with Crippen LogP contribution >= 0.6 is 0 Å². The number of hydrogen-bond acceptors (Lipinski definition) is 3. The Bertz CT molecular complexity index is 631. The van der Waals surface area contributed by atoms with E-state index in [-0.39, 0.29) is 12.1 Å². The summed E-state index contributed by atoms with van der Waals surface area (Å²) in [6.45, 7) is 5.06. The van der Waals surface area contributed by atoms with Gasteiger partial charge in [-0.25, -0.2) is 8.78 Å². The van der Waals surface area contributed by atoms with E-state index in [2.05, 4.69) is 24.1 Å². The fourth-order valence-corrected chi connectivity index (χ4v) is 2.74. The van der Waals surface area contributed by atoms with Crippen LogP contribution in [0.4, 0.5) is 14.5 Å². The van der Waals surface area contributed by atoms with Gasteiger partial charge in [-0.15, -0.1) is 0 Å². The molecule has 0 bridgehead atoms. The van der Waals surface area contributed by atoms with Crippen LogP contribution in [0.2, 0.25) is 0 Å². The summed E-state index contributed by atoms with van der Waals surface area (Å²) in [5.74, 6) is -0.433. The molecule has 5 heteroatoms. The minimum Gasteiger partial charge on any atom is -0.396 e. The third-order valence-electron chi connectivity index (χ3n) is 3.69. The smallest absolute Gasteiger partial charge is 0.152 e. The number of aromatic nitrogens is 1. The Kier molecular flexibility index (Phi) is 5.66. The van der Waals surface area contributed by atoms with Gasteiger partial charge in [-0.2, -0.15) is 0 Å². The van der Waals surface area contributed by atoms with Crippen molar-refractivity contribution < 1.29 is 13.9 Å². The molecular weight excluding hydrogens is 286 g/mol. The summed E-state index contributed by atoms with van der Waals surface area (Å²) in [7, 11) is 0. The highest BCUT2D eigenvalue weighted by Gasteiger charge is 2.13. The second-order valence-electron chi connectivity index (χ2n) is 6.03. The van der Waals surface area contributed by atoms with Crippen LogP contribution in [0.25, 0.3) is 10.9 Å². The van der Waals surface area contributed by atoms with Gasteiger partial charge < -0.3 is 10.4 Å².